The molecule has 1 aromatic heterocycles. The molecule has 2 aliphatic heterocycles. The lowest BCUT2D eigenvalue weighted by molar-refractivity contribution is -0.121. The number of hydrogen-bond acceptors (Lipinski definition) is 7. The van der Waals surface area contributed by atoms with Crippen LogP contribution in [0.25, 0.3) is 16.8 Å². The molecule has 0 spiro atoms. The quantitative estimate of drug-likeness (QED) is 0.225. The maximum absolute atomic E-state index is 12.6. The van der Waals surface area contributed by atoms with E-state index in [9.17, 15) is 4.79 Å². The average Bonchev–Trinajstić information content (AvgIpc) is 3.68. The third-order valence-electron chi connectivity index (χ3n) is 7.67. The van der Waals surface area contributed by atoms with Crippen LogP contribution < -0.4 is 19.6 Å². The summed E-state index contributed by atoms with van der Waals surface area (Å²) in [5.74, 6) is 2.34. The summed E-state index contributed by atoms with van der Waals surface area (Å²) in [4.78, 5) is 17.4. The van der Waals surface area contributed by atoms with Crippen LogP contribution in [0.5, 0.6) is 17.2 Å². The molecule has 0 atom stereocenters. The number of para-hydroxylation sites is 1. The average molecular weight is 566 g/mol. The lowest BCUT2D eigenvalue weighted by Crippen LogP contribution is -2.46. The van der Waals surface area contributed by atoms with Gasteiger partial charge in [0, 0.05) is 74.9 Å². The fourth-order valence-corrected chi connectivity index (χ4v) is 5.29. The lowest BCUT2D eigenvalue weighted by Gasteiger charge is -2.34. The van der Waals surface area contributed by atoms with Crippen molar-refractivity contribution in [1.29, 1.82) is 0 Å². The van der Waals surface area contributed by atoms with Gasteiger partial charge in [0.2, 0.25) is 12.7 Å². The Balaban J connectivity index is 1.01. The normalized spacial score (nSPS) is 15.3. The molecule has 1 fully saturated rings. The van der Waals surface area contributed by atoms with Crippen LogP contribution in [0.3, 0.4) is 0 Å². The topological polar surface area (TPSA) is 80.6 Å². The van der Waals surface area contributed by atoms with Crippen LogP contribution in [0.2, 0.25) is 0 Å². The Labute approximate surface area is 245 Å². The van der Waals surface area contributed by atoms with Crippen LogP contribution in [0.4, 0.5) is 0 Å². The Morgan fingerprint density at radius 1 is 0.929 bits per heavy atom. The predicted molar refractivity (Wildman–Crippen MR) is 162 cm³/mol. The molecule has 1 saturated heterocycles. The Morgan fingerprint density at radius 2 is 1.69 bits per heavy atom. The van der Waals surface area contributed by atoms with E-state index in [2.05, 4.69) is 55.4 Å². The van der Waals surface area contributed by atoms with Crippen molar-refractivity contribution >= 4 is 12.1 Å². The molecule has 42 heavy (non-hydrogen) atoms. The van der Waals surface area contributed by atoms with Crippen molar-refractivity contribution in [3.8, 4) is 34.1 Å². The molecular weight excluding hydrogens is 530 g/mol. The monoisotopic (exact) mass is 565 g/mol. The second-order valence-corrected chi connectivity index (χ2v) is 10.4. The summed E-state index contributed by atoms with van der Waals surface area (Å²) < 4.78 is 18.3. The number of nitrogens with one attached hydrogen (secondary N) is 1. The van der Waals surface area contributed by atoms with Crippen molar-refractivity contribution < 1.29 is 19.0 Å². The fraction of sp³-hybridized carbons (Fsp3) is 0.273. The zero-order valence-corrected chi connectivity index (χ0v) is 23.7. The van der Waals surface area contributed by atoms with Gasteiger partial charge in [0.1, 0.15) is 5.75 Å². The van der Waals surface area contributed by atoms with Crippen molar-refractivity contribution in [3.63, 3.8) is 0 Å². The van der Waals surface area contributed by atoms with E-state index >= 15 is 0 Å². The summed E-state index contributed by atoms with van der Waals surface area (Å²) in [5.41, 5.74) is 7.95. The number of aromatic nitrogens is 1. The van der Waals surface area contributed by atoms with Crippen molar-refractivity contribution in [1.82, 2.24) is 19.8 Å². The minimum absolute atomic E-state index is 0.0949. The van der Waals surface area contributed by atoms with Crippen LogP contribution in [-0.4, -0.2) is 73.1 Å². The lowest BCUT2D eigenvalue weighted by atomic mass is 10.1. The highest BCUT2D eigenvalue weighted by atomic mass is 16.7. The van der Waals surface area contributed by atoms with Crippen molar-refractivity contribution in [2.75, 3.05) is 46.6 Å². The number of piperazine rings is 1. The number of nitrogens with zero attached hydrogens (tertiary/aromatic N) is 4. The van der Waals surface area contributed by atoms with E-state index in [1.165, 1.54) is 5.56 Å². The van der Waals surface area contributed by atoms with Crippen molar-refractivity contribution in [2.24, 2.45) is 5.10 Å². The molecule has 0 unspecified atom stereocenters. The van der Waals surface area contributed by atoms with Gasteiger partial charge >= 0.3 is 0 Å². The van der Waals surface area contributed by atoms with Gasteiger partial charge in [0.05, 0.1) is 13.3 Å². The van der Waals surface area contributed by atoms with E-state index < -0.39 is 0 Å². The highest BCUT2D eigenvalue weighted by Gasteiger charge is 2.19. The third kappa shape index (κ3) is 6.64. The van der Waals surface area contributed by atoms with Gasteiger partial charge in [-0.1, -0.05) is 36.4 Å². The van der Waals surface area contributed by atoms with Gasteiger partial charge in [-0.2, -0.15) is 5.10 Å². The highest BCUT2D eigenvalue weighted by Crippen LogP contribution is 2.33. The number of methoxy groups -OCH3 is 1. The Hall–Kier alpha value is -4.60. The molecule has 0 saturated carbocycles. The third-order valence-corrected chi connectivity index (χ3v) is 7.67. The largest absolute Gasteiger partial charge is 0.497 e. The van der Waals surface area contributed by atoms with Crippen LogP contribution in [0.1, 0.15) is 17.5 Å². The van der Waals surface area contributed by atoms with Crippen molar-refractivity contribution in [2.45, 2.75) is 13.0 Å². The molecule has 1 N–H and O–H groups in total. The number of hydrogen-bond donors (Lipinski definition) is 1. The van der Waals surface area contributed by atoms with Crippen LogP contribution in [-0.2, 0) is 11.3 Å². The minimum atomic E-state index is -0.0949. The van der Waals surface area contributed by atoms with Crippen LogP contribution in [0, 0.1) is 0 Å². The van der Waals surface area contributed by atoms with Gasteiger partial charge < -0.3 is 23.7 Å². The molecule has 4 aromatic rings. The highest BCUT2D eigenvalue weighted by molar-refractivity contribution is 5.91. The van der Waals surface area contributed by atoms with Crippen molar-refractivity contribution in [3.05, 3.63) is 96.3 Å². The Bertz CT molecular complexity index is 1530. The summed E-state index contributed by atoms with van der Waals surface area (Å²) in [6.45, 7) is 5.66. The molecular formula is C33H35N5O4. The van der Waals surface area contributed by atoms with E-state index in [0.29, 0.717) is 19.8 Å². The maximum atomic E-state index is 12.6. The van der Waals surface area contributed by atoms with Gasteiger partial charge in [0.25, 0.3) is 0 Å². The number of carbonyl (C=O) groups is 1. The van der Waals surface area contributed by atoms with Gasteiger partial charge in [-0.25, -0.2) is 5.43 Å². The molecule has 1 amide bonds. The second-order valence-electron chi connectivity index (χ2n) is 10.4. The minimum Gasteiger partial charge on any atom is -0.497 e. The smallest absolute Gasteiger partial charge is 0.241 e. The molecule has 0 radical (unpaired) electrons. The summed E-state index contributed by atoms with van der Waals surface area (Å²) >= 11 is 0. The van der Waals surface area contributed by atoms with E-state index in [4.69, 9.17) is 14.2 Å². The first-order chi connectivity index (χ1) is 20.6. The van der Waals surface area contributed by atoms with Gasteiger partial charge in [-0.15, -0.1) is 0 Å². The van der Waals surface area contributed by atoms with E-state index in [-0.39, 0.29) is 5.91 Å². The van der Waals surface area contributed by atoms with Crippen LogP contribution in [0.15, 0.2) is 90.3 Å². The SMILES string of the molecule is COc1ccc(-c2cn(-c3ccccc3)cc2C=NNC(=O)CCN2CCN(Cc3ccc4c(c3)OCO4)CC2)cc1. The molecule has 6 rings (SSSR count). The fourth-order valence-electron chi connectivity index (χ4n) is 5.29. The van der Waals surface area contributed by atoms with Gasteiger partial charge in [-0.05, 0) is 47.5 Å². The Morgan fingerprint density at radius 3 is 2.48 bits per heavy atom. The van der Waals surface area contributed by atoms with Gasteiger partial charge in [-0.3, -0.25) is 9.69 Å². The van der Waals surface area contributed by atoms with Crippen LogP contribution >= 0.6 is 0 Å². The molecule has 3 aromatic carbocycles. The first-order valence-electron chi connectivity index (χ1n) is 14.2. The first kappa shape index (κ1) is 27.6. The zero-order valence-electron chi connectivity index (χ0n) is 23.7. The summed E-state index contributed by atoms with van der Waals surface area (Å²) in [6, 6.07) is 24.2. The maximum Gasteiger partial charge on any atom is 0.241 e. The number of benzene rings is 3. The Kier molecular flexibility index (Phi) is 8.48. The number of carbonyl (C=O) groups excluding carboxylic acids is 1. The second kappa shape index (κ2) is 12.9. The zero-order chi connectivity index (χ0) is 28.7. The molecule has 0 bridgehead atoms. The summed E-state index contributed by atoms with van der Waals surface area (Å²) in [6.07, 6.45) is 6.21. The number of hydrazone groups is 1. The van der Waals surface area contributed by atoms with E-state index in [1.54, 1.807) is 13.3 Å². The van der Waals surface area contributed by atoms with E-state index in [1.807, 2.05) is 54.7 Å². The number of amides is 1. The number of ether oxygens (including phenoxy) is 3. The molecule has 216 valence electrons. The molecule has 9 nitrogen and oxygen atoms in total. The standard InChI is InChI=1S/C33H35N5O4/c1-40-29-10-8-26(9-11-29)30-23-38(28-5-3-2-4-6-28)22-27(30)20-34-35-33(39)13-14-36-15-17-37(18-16-36)21-25-7-12-31-32(19-25)42-24-41-31/h2-12,19-20,22-23H,13-18,21,24H2,1H3,(H,35,39). The molecule has 3 heterocycles. The van der Waals surface area contributed by atoms with Gasteiger partial charge in [0.15, 0.2) is 11.5 Å². The first-order valence-corrected chi connectivity index (χ1v) is 14.2. The summed E-state index contributed by atoms with van der Waals surface area (Å²) in [5, 5.41) is 4.31. The number of rotatable bonds is 10. The predicted octanol–water partition coefficient (Wildman–Crippen LogP) is 4.54. The van der Waals surface area contributed by atoms with E-state index in [0.717, 1.165) is 72.4 Å². The molecule has 2 aliphatic rings. The molecule has 0 aliphatic carbocycles. The molecule has 9 heteroatoms. The summed E-state index contributed by atoms with van der Waals surface area (Å²) in [7, 11) is 1.66. The number of fused-ring (bicyclic) bond motifs is 1.